The molecule has 2 aromatic heterocycles. The van der Waals surface area contributed by atoms with E-state index in [0.717, 1.165) is 35.4 Å². The number of aliphatic hydroxyl groups excluding tert-OH is 1. The number of aromatic amines is 1. The third-order valence-corrected chi connectivity index (χ3v) is 9.69. The molecule has 0 bridgehead atoms. The van der Waals surface area contributed by atoms with Gasteiger partial charge >= 0.3 is 0 Å². The molecule has 0 saturated heterocycles. The number of halogens is 1. The van der Waals surface area contributed by atoms with Crippen LogP contribution in [0.25, 0.3) is 10.9 Å². The molecule has 6 nitrogen and oxygen atoms in total. The smallest absolute Gasteiger partial charge is 0.257 e. The first-order chi connectivity index (χ1) is 23.6. The Labute approximate surface area is 302 Å². The van der Waals surface area contributed by atoms with Gasteiger partial charge in [0.25, 0.3) is 5.91 Å². The predicted molar refractivity (Wildman–Crippen MR) is 200 cm³/mol. The van der Waals surface area contributed by atoms with E-state index in [2.05, 4.69) is 77.2 Å². The Morgan fingerprint density at radius 2 is 1.31 bits per heavy atom. The molecule has 4 heterocycles. The highest BCUT2D eigenvalue weighted by molar-refractivity contribution is 6.02. The van der Waals surface area contributed by atoms with Crippen LogP contribution < -0.4 is 21.9 Å². The zero-order chi connectivity index (χ0) is 34.0. The number of rotatable bonds is 15. The van der Waals surface area contributed by atoms with Crippen molar-refractivity contribution in [2.75, 3.05) is 25.1 Å². The molecule has 2 aliphatic heterocycles. The molecule has 2 aromatic carbocycles. The van der Waals surface area contributed by atoms with Crippen LogP contribution in [0.2, 0.25) is 0 Å². The third-order valence-electron chi connectivity index (χ3n) is 9.69. The second-order valence-corrected chi connectivity index (χ2v) is 13.3. The number of hydrogen-bond donors (Lipinski definition) is 2. The Hall–Kier alpha value is -3.35. The van der Waals surface area contributed by atoms with E-state index in [1.807, 2.05) is 35.2 Å². The zero-order valence-corrected chi connectivity index (χ0v) is 31.1. The minimum atomic E-state index is -0.0476. The Kier molecular flexibility index (Phi) is 18.3. The van der Waals surface area contributed by atoms with Crippen molar-refractivity contribution in [3.05, 3.63) is 95.9 Å². The first-order valence-corrected chi connectivity index (χ1v) is 18.9. The first-order valence-electron chi connectivity index (χ1n) is 18.9. The fourth-order valence-corrected chi connectivity index (χ4v) is 7.16. The molecule has 0 radical (unpaired) electrons. The average molecular weight is 689 g/mol. The molecular weight excluding hydrogens is 628 g/mol. The highest BCUT2D eigenvalue weighted by Crippen LogP contribution is 2.42. The highest BCUT2D eigenvalue weighted by Gasteiger charge is 2.41. The van der Waals surface area contributed by atoms with Crippen LogP contribution in [0.4, 0.5) is 5.69 Å². The lowest BCUT2D eigenvalue weighted by Gasteiger charge is -2.46. The van der Waals surface area contributed by atoms with Crippen molar-refractivity contribution in [2.45, 2.75) is 123 Å². The van der Waals surface area contributed by atoms with Crippen LogP contribution in [-0.2, 0) is 13.0 Å². The second kappa shape index (κ2) is 22.4. The van der Waals surface area contributed by atoms with Gasteiger partial charge in [0.15, 0.2) is 12.4 Å². The number of aromatic nitrogens is 2. The number of aliphatic hydroxyl groups is 1. The summed E-state index contributed by atoms with van der Waals surface area (Å²) < 4.78 is 2.29. The summed E-state index contributed by atoms with van der Waals surface area (Å²) in [5, 5.41) is 8.85. The second-order valence-electron chi connectivity index (χ2n) is 13.3. The Morgan fingerprint density at radius 3 is 1.94 bits per heavy atom. The maximum absolute atomic E-state index is 12.9. The van der Waals surface area contributed by atoms with Crippen LogP contribution in [0.5, 0.6) is 0 Å². The van der Waals surface area contributed by atoms with E-state index < -0.39 is 0 Å². The van der Waals surface area contributed by atoms with Gasteiger partial charge in [0.2, 0.25) is 0 Å². The molecule has 7 heteroatoms. The summed E-state index contributed by atoms with van der Waals surface area (Å²) >= 11 is 0. The van der Waals surface area contributed by atoms with Crippen molar-refractivity contribution in [3.8, 4) is 0 Å². The molecule has 2 aliphatic rings. The van der Waals surface area contributed by atoms with Crippen molar-refractivity contribution in [1.82, 2.24) is 9.88 Å². The minimum absolute atomic E-state index is 0. The molecule has 0 aliphatic carbocycles. The molecule has 268 valence electrons. The van der Waals surface area contributed by atoms with Gasteiger partial charge in [-0.2, -0.15) is 0 Å². The first kappa shape index (κ1) is 40.1. The highest BCUT2D eigenvalue weighted by atomic mass is 35.5. The molecule has 0 fully saturated rings. The summed E-state index contributed by atoms with van der Waals surface area (Å²) in [6, 6.07) is 22.6. The van der Waals surface area contributed by atoms with Crippen LogP contribution >= 0.6 is 0 Å². The predicted octanol–water partition coefficient (Wildman–Crippen LogP) is 6.77. The molecule has 0 saturated carbocycles. The summed E-state index contributed by atoms with van der Waals surface area (Å²) in [4.78, 5) is 20.7. The number of nitrogens with zero attached hydrogens (tertiary/aromatic N) is 3. The SMILES string of the molecule is CCCCCCCCCCCCCCCC[n+]1ccccc1.CCO.CN1c2ccccc2C(=O)N2CCc3c([nH]c4ccccc34)[C@H]21.[Cl-]. The normalized spacial score (nSPS) is 14.4. The van der Waals surface area contributed by atoms with E-state index in [0.29, 0.717) is 0 Å². The molecular formula is C42H61ClN4O2. The van der Waals surface area contributed by atoms with E-state index >= 15 is 0 Å². The van der Waals surface area contributed by atoms with E-state index in [1.54, 1.807) is 6.92 Å². The molecule has 1 amide bonds. The molecule has 6 rings (SSSR count). The fourth-order valence-electron chi connectivity index (χ4n) is 7.16. The zero-order valence-electron chi connectivity index (χ0n) is 30.4. The summed E-state index contributed by atoms with van der Waals surface area (Å²) in [6.07, 6.45) is 25.3. The van der Waals surface area contributed by atoms with Gasteiger partial charge in [-0.05, 0) is 43.5 Å². The molecule has 0 unspecified atom stereocenters. The quantitative estimate of drug-likeness (QED) is 0.107. The van der Waals surface area contributed by atoms with E-state index in [9.17, 15) is 4.79 Å². The molecule has 49 heavy (non-hydrogen) atoms. The summed E-state index contributed by atoms with van der Waals surface area (Å²) in [6.45, 7) is 6.16. The monoisotopic (exact) mass is 688 g/mol. The van der Waals surface area contributed by atoms with Crippen LogP contribution in [0.3, 0.4) is 0 Å². The fraction of sp³-hybridized carbons (Fsp3) is 0.524. The number of hydrogen-bond acceptors (Lipinski definition) is 3. The number of benzene rings is 2. The number of fused-ring (bicyclic) bond motifs is 6. The summed E-state index contributed by atoms with van der Waals surface area (Å²) in [5.74, 6) is 0.132. The number of H-pyrrole nitrogens is 1. The number of carbonyl (C=O) groups excluding carboxylic acids is 1. The van der Waals surface area contributed by atoms with E-state index in [-0.39, 0.29) is 31.1 Å². The molecule has 1 atom stereocenters. The number of para-hydroxylation sites is 2. The lowest BCUT2D eigenvalue weighted by atomic mass is 9.96. The Balaban J connectivity index is 0.000000242. The van der Waals surface area contributed by atoms with Crippen molar-refractivity contribution < 1.29 is 26.9 Å². The molecule has 0 spiro atoms. The van der Waals surface area contributed by atoms with Crippen LogP contribution in [-0.4, -0.2) is 41.1 Å². The number of nitrogens with one attached hydrogen (secondary N) is 1. The lowest BCUT2D eigenvalue weighted by Crippen LogP contribution is -3.00. The van der Waals surface area contributed by atoms with Gasteiger partial charge in [0.1, 0.15) is 12.7 Å². The van der Waals surface area contributed by atoms with Crippen molar-refractivity contribution >= 4 is 22.5 Å². The number of unbranched alkanes of at least 4 members (excludes halogenated alkanes) is 13. The van der Waals surface area contributed by atoms with Crippen LogP contribution in [0.1, 0.15) is 132 Å². The average Bonchev–Trinajstić information content (AvgIpc) is 3.50. The Morgan fingerprint density at radius 1 is 0.755 bits per heavy atom. The van der Waals surface area contributed by atoms with Crippen molar-refractivity contribution in [1.29, 1.82) is 0 Å². The number of pyridine rings is 1. The van der Waals surface area contributed by atoms with Gasteiger partial charge in [-0.1, -0.05) is 120 Å². The molecule has 2 N–H and O–H groups in total. The maximum atomic E-state index is 12.9. The van der Waals surface area contributed by atoms with Gasteiger partial charge in [0.05, 0.1) is 16.9 Å². The van der Waals surface area contributed by atoms with Gasteiger partial charge in [-0.15, -0.1) is 0 Å². The van der Waals surface area contributed by atoms with Crippen molar-refractivity contribution in [2.24, 2.45) is 0 Å². The van der Waals surface area contributed by atoms with Gasteiger partial charge in [-0.25, -0.2) is 4.57 Å². The molecule has 4 aromatic rings. The lowest BCUT2D eigenvalue weighted by molar-refractivity contribution is -0.697. The topological polar surface area (TPSA) is 63.5 Å². The number of carbonyl (C=O) groups is 1. The standard InChI is InChI=1S/C21H38N.C19H17N3O.C2H6O.ClH/c1-2-3-4-5-6-7-8-9-10-11-12-13-14-16-19-22-20-17-15-18-21-22;1-21-16-9-5-3-7-14(16)19(23)22-11-10-13-12-6-2-4-8-15(12)20-17(13)18(21)22;1-2-3;/h15,17-18,20-21H,2-14,16,19H2,1H3;2-9,18,20H,10-11H2,1H3;3H,2H2,1H3;1H/q+1;;;/p-1/t;18-;;/m.0../s1. The van der Waals surface area contributed by atoms with E-state index in [4.69, 9.17) is 5.11 Å². The Bertz CT molecular complexity index is 1490. The van der Waals surface area contributed by atoms with Crippen LogP contribution in [0.15, 0.2) is 79.1 Å². The van der Waals surface area contributed by atoms with Gasteiger partial charge in [0, 0.05) is 49.7 Å². The minimum Gasteiger partial charge on any atom is -1.00 e. The summed E-state index contributed by atoms with van der Waals surface area (Å²) in [5.41, 5.74) is 5.46. The van der Waals surface area contributed by atoms with Crippen molar-refractivity contribution in [3.63, 3.8) is 0 Å². The maximum Gasteiger partial charge on any atom is 0.257 e. The van der Waals surface area contributed by atoms with Gasteiger partial charge in [-0.3, -0.25) is 4.79 Å². The van der Waals surface area contributed by atoms with Crippen LogP contribution in [0, 0.1) is 0 Å². The number of amides is 1. The van der Waals surface area contributed by atoms with Gasteiger partial charge < -0.3 is 32.3 Å². The van der Waals surface area contributed by atoms with E-state index in [1.165, 1.54) is 107 Å². The third kappa shape index (κ3) is 11.6. The number of anilines is 1. The largest absolute Gasteiger partial charge is 1.00 e. The number of aryl methyl sites for hydroxylation is 1. The summed E-state index contributed by atoms with van der Waals surface area (Å²) in [7, 11) is 2.07.